The van der Waals surface area contributed by atoms with Gasteiger partial charge in [-0.15, -0.1) is 0 Å². The van der Waals surface area contributed by atoms with E-state index in [1.165, 1.54) is 0 Å². The summed E-state index contributed by atoms with van der Waals surface area (Å²) in [5.74, 6) is 0.831. The standard InChI is InChI=1S/C28H44N6O4S/c1-21(6-5-15-35)31(3)26-8-4-7-22(28(26)30(2)20-36)9-10-27(37)32-16-23-18-34(19-24(23)17-32)39(38)33-13-11-25(29)12-14-33/h4,7-8,15,20-21,23-25H,5-6,9-14,16-19,29H2,1-3H3. The van der Waals surface area contributed by atoms with E-state index in [2.05, 4.69) is 16.1 Å². The minimum atomic E-state index is -1.12. The fourth-order valence-corrected chi connectivity index (χ4v) is 7.63. The molecule has 4 rings (SSSR count). The largest absolute Gasteiger partial charge is 0.370 e. The molecule has 3 heterocycles. The number of benzene rings is 1. The zero-order valence-corrected chi connectivity index (χ0v) is 24.4. The van der Waals surface area contributed by atoms with Gasteiger partial charge in [0.05, 0.1) is 11.4 Å². The maximum Gasteiger partial charge on any atom is 0.222 e. The van der Waals surface area contributed by atoms with Gasteiger partial charge in [0.25, 0.3) is 0 Å². The Hall–Kier alpha value is -2.34. The second-order valence-corrected chi connectivity index (χ2v) is 12.9. The van der Waals surface area contributed by atoms with Crippen LogP contribution in [0.25, 0.3) is 0 Å². The van der Waals surface area contributed by atoms with Crippen LogP contribution in [-0.2, 0) is 32.0 Å². The number of carbonyl (C=O) groups excluding carboxylic acids is 3. The molecule has 10 nitrogen and oxygen atoms in total. The summed E-state index contributed by atoms with van der Waals surface area (Å²) in [5.41, 5.74) is 8.66. The average Bonchev–Trinajstić information content (AvgIpc) is 3.53. The Morgan fingerprint density at radius 1 is 1.10 bits per heavy atom. The van der Waals surface area contributed by atoms with Gasteiger partial charge in [-0.25, -0.2) is 12.8 Å². The molecule has 3 fully saturated rings. The van der Waals surface area contributed by atoms with Crippen molar-refractivity contribution in [2.24, 2.45) is 17.6 Å². The summed E-state index contributed by atoms with van der Waals surface area (Å²) in [6, 6.07) is 6.26. The summed E-state index contributed by atoms with van der Waals surface area (Å²) >= 11 is -1.12. The third kappa shape index (κ3) is 6.87. The number of hydrogen-bond donors (Lipinski definition) is 1. The molecule has 0 aliphatic carbocycles. The van der Waals surface area contributed by atoms with Gasteiger partial charge in [-0.3, -0.25) is 9.59 Å². The molecule has 3 aliphatic heterocycles. The van der Waals surface area contributed by atoms with Crippen LogP contribution in [0.3, 0.4) is 0 Å². The van der Waals surface area contributed by atoms with E-state index in [-0.39, 0.29) is 18.0 Å². The van der Waals surface area contributed by atoms with Crippen LogP contribution in [0.5, 0.6) is 0 Å². The highest BCUT2D eigenvalue weighted by Crippen LogP contribution is 2.35. The Kier molecular flexibility index (Phi) is 10.1. The number of nitrogens with two attached hydrogens (primary N) is 1. The summed E-state index contributed by atoms with van der Waals surface area (Å²) in [7, 11) is 3.71. The van der Waals surface area contributed by atoms with Crippen LogP contribution in [0, 0.1) is 11.8 Å². The number of fused-ring (bicyclic) bond motifs is 1. The molecule has 4 atom stereocenters. The van der Waals surface area contributed by atoms with Crippen molar-refractivity contribution in [3.05, 3.63) is 23.8 Å². The minimum Gasteiger partial charge on any atom is -0.370 e. The minimum absolute atomic E-state index is 0.122. The van der Waals surface area contributed by atoms with E-state index in [0.29, 0.717) is 44.2 Å². The molecule has 0 aromatic heterocycles. The Labute approximate surface area is 235 Å². The first-order chi connectivity index (χ1) is 18.7. The van der Waals surface area contributed by atoms with Crippen molar-refractivity contribution in [2.45, 2.75) is 57.5 Å². The monoisotopic (exact) mass is 560 g/mol. The van der Waals surface area contributed by atoms with E-state index < -0.39 is 11.2 Å². The fraction of sp³-hybridized carbons (Fsp3) is 0.679. The third-order valence-corrected chi connectivity index (χ3v) is 10.3. The summed E-state index contributed by atoms with van der Waals surface area (Å²) in [6.45, 7) is 6.55. The lowest BCUT2D eigenvalue weighted by molar-refractivity contribution is -0.130. The molecule has 3 aliphatic rings. The normalized spacial score (nSPS) is 23.8. The highest BCUT2D eigenvalue weighted by atomic mass is 32.2. The molecular weight excluding hydrogens is 516 g/mol. The highest BCUT2D eigenvalue weighted by molar-refractivity contribution is 7.80. The van der Waals surface area contributed by atoms with Gasteiger partial charge in [-0.2, -0.15) is 0 Å². The Morgan fingerprint density at radius 2 is 1.77 bits per heavy atom. The number of rotatable bonds is 12. The summed E-state index contributed by atoms with van der Waals surface area (Å²) in [6.07, 6.45) is 5.61. The van der Waals surface area contributed by atoms with E-state index in [0.717, 1.165) is 75.1 Å². The van der Waals surface area contributed by atoms with Crippen molar-refractivity contribution in [1.29, 1.82) is 0 Å². The molecule has 11 heteroatoms. The Morgan fingerprint density at radius 3 is 2.38 bits per heavy atom. The van der Waals surface area contributed by atoms with Gasteiger partial charge in [0.2, 0.25) is 12.3 Å². The van der Waals surface area contributed by atoms with Gasteiger partial charge < -0.3 is 25.2 Å². The van der Waals surface area contributed by atoms with Gasteiger partial charge in [0.1, 0.15) is 6.29 Å². The van der Waals surface area contributed by atoms with Gasteiger partial charge in [0, 0.05) is 78.3 Å². The Balaban J connectivity index is 1.34. The molecule has 216 valence electrons. The molecule has 2 amide bonds. The average molecular weight is 561 g/mol. The van der Waals surface area contributed by atoms with Crippen molar-refractivity contribution in [2.75, 3.05) is 63.2 Å². The zero-order chi connectivity index (χ0) is 28.1. The molecule has 1 aromatic carbocycles. The number of amides is 2. The van der Waals surface area contributed by atoms with E-state index >= 15 is 0 Å². The van der Waals surface area contributed by atoms with Crippen LogP contribution in [0.15, 0.2) is 18.2 Å². The number of hydrogen-bond acceptors (Lipinski definition) is 6. The van der Waals surface area contributed by atoms with Crippen LogP contribution >= 0.6 is 0 Å². The van der Waals surface area contributed by atoms with Crippen LogP contribution in [0.4, 0.5) is 11.4 Å². The molecular formula is C28H44N6O4S. The van der Waals surface area contributed by atoms with Crippen molar-refractivity contribution in [3.8, 4) is 0 Å². The van der Waals surface area contributed by atoms with Gasteiger partial charge >= 0.3 is 0 Å². The number of anilines is 2. The van der Waals surface area contributed by atoms with Gasteiger partial charge in [-0.05, 0) is 56.1 Å². The molecule has 39 heavy (non-hydrogen) atoms. The maximum absolute atomic E-state index is 13.2. The number of para-hydroxylation sites is 1. The van der Waals surface area contributed by atoms with Crippen LogP contribution in [-0.4, -0.2) is 102 Å². The topological polar surface area (TPSA) is 110 Å². The zero-order valence-electron chi connectivity index (χ0n) is 23.5. The Bertz CT molecular complexity index is 1030. The first-order valence-corrected chi connectivity index (χ1v) is 15.2. The van der Waals surface area contributed by atoms with Crippen molar-refractivity contribution in [3.63, 3.8) is 0 Å². The first kappa shape index (κ1) is 29.6. The molecule has 0 bridgehead atoms. The molecule has 0 radical (unpaired) electrons. The molecule has 1 aromatic rings. The molecule has 0 saturated carbocycles. The lowest BCUT2D eigenvalue weighted by atomic mass is 10.0. The molecule has 2 N–H and O–H groups in total. The first-order valence-electron chi connectivity index (χ1n) is 14.1. The van der Waals surface area contributed by atoms with Gasteiger partial charge in [-0.1, -0.05) is 12.1 Å². The van der Waals surface area contributed by atoms with E-state index in [1.807, 2.05) is 34.5 Å². The second-order valence-electron chi connectivity index (χ2n) is 11.4. The summed E-state index contributed by atoms with van der Waals surface area (Å²) in [4.78, 5) is 41.5. The van der Waals surface area contributed by atoms with Crippen LogP contribution in [0.2, 0.25) is 0 Å². The van der Waals surface area contributed by atoms with Crippen LogP contribution < -0.4 is 15.5 Å². The summed E-state index contributed by atoms with van der Waals surface area (Å²) in [5, 5.41) is 0. The molecule has 4 unspecified atom stereocenters. The van der Waals surface area contributed by atoms with E-state index in [1.54, 1.807) is 11.9 Å². The third-order valence-electron chi connectivity index (χ3n) is 8.71. The van der Waals surface area contributed by atoms with E-state index in [4.69, 9.17) is 5.73 Å². The summed E-state index contributed by atoms with van der Waals surface area (Å²) < 4.78 is 17.2. The maximum atomic E-state index is 13.2. The SMILES string of the molecule is CC(CCC=O)N(C)c1cccc(CCC(=O)N2CC3CN(S(=O)N4CCC(N)CC4)CC3C2)c1N(C)C=O. The van der Waals surface area contributed by atoms with Crippen molar-refractivity contribution in [1.82, 2.24) is 13.5 Å². The van der Waals surface area contributed by atoms with Crippen LogP contribution in [0.1, 0.15) is 44.6 Å². The van der Waals surface area contributed by atoms with Crippen molar-refractivity contribution < 1.29 is 18.6 Å². The molecule has 0 spiro atoms. The fourth-order valence-electron chi connectivity index (χ4n) is 6.14. The number of aldehydes is 1. The number of nitrogens with zero attached hydrogens (tertiary/aromatic N) is 5. The highest BCUT2D eigenvalue weighted by Gasteiger charge is 2.44. The number of piperidine rings is 1. The van der Waals surface area contributed by atoms with Crippen molar-refractivity contribution >= 4 is 41.1 Å². The predicted molar refractivity (Wildman–Crippen MR) is 154 cm³/mol. The second kappa shape index (κ2) is 13.3. The lowest BCUT2D eigenvalue weighted by Crippen LogP contribution is -2.45. The van der Waals surface area contributed by atoms with Gasteiger partial charge in [0.15, 0.2) is 11.2 Å². The van der Waals surface area contributed by atoms with E-state index in [9.17, 15) is 18.6 Å². The number of likely N-dealkylation sites (tertiary alicyclic amines) is 1. The number of carbonyl (C=O) groups is 3. The smallest absolute Gasteiger partial charge is 0.222 e. The lowest BCUT2D eigenvalue weighted by Gasteiger charge is -2.32. The molecule has 3 saturated heterocycles. The predicted octanol–water partition coefficient (Wildman–Crippen LogP) is 1.41. The number of aryl methyl sites for hydroxylation is 1. The quantitative estimate of drug-likeness (QED) is 0.387.